The minimum absolute atomic E-state index is 0.181. The van der Waals surface area contributed by atoms with E-state index in [-0.39, 0.29) is 32.8 Å². The molecule has 0 saturated heterocycles. The first-order valence-electron chi connectivity index (χ1n) is 12.4. The highest BCUT2D eigenvalue weighted by Gasteiger charge is 2.37. The first-order chi connectivity index (χ1) is 17.2. The van der Waals surface area contributed by atoms with E-state index in [0.29, 0.717) is 36.8 Å². The molecule has 200 valence electrons. The summed E-state index contributed by atoms with van der Waals surface area (Å²) in [5, 5.41) is 0. The highest BCUT2D eigenvalue weighted by molar-refractivity contribution is 7.99. The average molecular weight is 539 g/mol. The van der Waals surface area contributed by atoms with E-state index in [0.717, 1.165) is 23.9 Å². The van der Waals surface area contributed by atoms with Crippen molar-refractivity contribution in [3.8, 4) is 23.7 Å². The third-order valence-electron chi connectivity index (χ3n) is 5.20. The lowest BCUT2D eigenvalue weighted by atomic mass is 10.00. The molecule has 0 aromatic heterocycles. The summed E-state index contributed by atoms with van der Waals surface area (Å²) < 4.78 is 84.8. The zero-order valence-electron chi connectivity index (χ0n) is 22.0. The van der Waals surface area contributed by atoms with Gasteiger partial charge in [-0.1, -0.05) is 89.8 Å². The maximum atomic E-state index is 14.1. The van der Waals surface area contributed by atoms with Crippen LogP contribution in [0.5, 0.6) is 0 Å². The Labute approximate surface area is 220 Å². The van der Waals surface area contributed by atoms with Crippen LogP contribution in [0.15, 0.2) is 34.1 Å². The van der Waals surface area contributed by atoms with Gasteiger partial charge in [0.2, 0.25) is 0 Å². The second-order valence-corrected chi connectivity index (χ2v) is 10.6. The van der Waals surface area contributed by atoms with Gasteiger partial charge >= 0.3 is 12.4 Å². The molecule has 0 bridgehead atoms. The predicted octanol–water partition coefficient (Wildman–Crippen LogP) is 9.80. The summed E-state index contributed by atoms with van der Waals surface area (Å²) in [5.41, 5.74) is -1.26. The quantitative estimate of drug-likeness (QED) is 0.261. The molecule has 0 saturated carbocycles. The van der Waals surface area contributed by atoms with E-state index in [1.165, 1.54) is 0 Å². The lowest BCUT2D eigenvalue weighted by molar-refractivity contribution is -0.138. The summed E-state index contributed by atoms with van der Waals surface area (Å²) in [7, 11) is 0. The van der Waals surface area contributed by atoms with Crippen molar-refractivity contribution >= 4 is 11.8 Å². The standard InChI is InChI=1S/C30H32F6S/c1-7-9-21-15-25(29(31,32)33)23(13-11-19(3)4)27(17-21)37-28-18-22(10-8-2)16-26(30(34,35)36)24(28)14-12-20(5)6/h15-20H,7-10H2,1-6H3. The fraction of sp³-hybridized carbons (Fsp3) is 0.467. The molecule has 37 heavy (non-hydrogen) atoms. The highest BCUT2D eigenvalue weighted by Crippen LogP contribution is 2.43. The normalized spacial score (nSPS) is 11.8. The Morgan fingerprint density at radius 2 is 1.00 bits per heavy atom. The zero-order valence-corrected chi connectivity index (χ0v) is 22.8. The summed E-state index contributed by atoms with van der Waals surface area (Å²) in [4.78, 5) is 0.363. The lowest BCUT2D eigenvalue weighted by Gasteiger charge is -2.19. The Balaban J connectivity index is 2.95. The minimum Gasteiger partial charge on any atom is -0.166 e. The Morgan fingerprint density at radius 1 is 0.649 bits per heavy atom. The van der Waals surface area contributed by atoms with Crippen LogP contribution in [-0.4, -0.2) is 0 Å². The van der Waals surface area contributed by atoms with E-state index in [1.54, 1.807) is 39.8 Å². The van der Waals surface area contributed by atoms with Crippen molar-refractivity contribution in [1.29, 1.82) is 0 Å². The van der Waals surface area contributed by atoms with Crippen LogP contribution in [0.2, 0.25) is 0 Å². The SMILES string of the molecule is CCCc1cc(Sc2cc(CCC)cc(C(F)(F)F)c2C#CC(C)C)c(C#CC(C)C)c(C(F)(F)F)c1. The molecule has 0 amide bonds. The number of benzene rings is 2. The largest absolute Gasteiger partial charge is 0.417 e. The van der Waals surface area contributed by atoms with Crippen LogP contribution in [0.1, 0.15) is 87.8 Å². The van der Waals surface area contributed by atoms with Gasteiger partial charge in [-0.05, 0) is 48.2 Å². The second kappa shape index (κ2) is 12.8. The van der Waals surface area contributed by atoms with E-state index in [4.69, 9.17) is 0 Å². The fourth-order valence-electron chi connectivity index (χ4n) is 3.63. The van der Waals surface area contributed by atoms with E-state index in [1.807, 2.05) is 13.8 Å². The molecule has 0 spiro atoms. The Hall–Kier alpha value is -2.51. The minimum atomic E-state index is -4.67. The summed E-state index contributed by atoms with van der Waals surface area (Å²) in [6.07, 6.45) is -7.29. The molecule has 2 aromatic carbocycles. The van der Waals surface area contributed by atoms with Crippen molar-refractivity contribution in [2.24, 2.45) is 11.8 Å². The number of aryl methyl sites for hydroxylation is 2. The third-order valence-corrected chi connectivity index (χ3v) is 6.29. The van der Waals surface area contributed by atoms with Gasteiger partial charge < -0.3 is 0 Å². The Bertz CT molecular complexity index is 1120. The molecule has 0 heterocycles. The van der Waals surface area contributed by atoms with Crippen LogP contribution in [0.25, 0.3) is 0 Å². The molecule has 7 heteroatoms. The van der Waals surface area contributed by atoms with Crippen LogP contribution < -0.4 is 0 Å². The molecule has 0 nitrogen and oxygen atoms in total. The number of halogens is 6. The smallest absolute Gasteiger partial charge is 0.166 e. The van der Waals surface area contributed by atoms with Crippen LogP contribution in [0.3, 0.4) is 0 Å². The van der Waals surface area contributed by atoms with Crippen molar-refractivity contribution in [2.45, 2.75) is 89.4 Å². The van der Waals surface area contributed by atoms with Crippen LogP contribution in [0, 0.1) is 35.5 Å². The van der Waals surface area contributed by atoms with E-state index in [2.05, 4.69) is 23.7 Å². The monoisotopic (exact) mass is 538 g/mol. The van der Waals surface area contributed by atoms with Crippen LogP contribution >= 0.6 is 11.8 Å². The van der Waals surface area contributed by atoms with Gasteiger partial charge in [0, 0.05) is 21.6 Å². The van der Waals surface area contributed by atoms with Crippen molar-refractivity contribution in [1.82, 2.24) is 0 Å². The molecular formula is C30H32F6S. The lowest BCUT2D eigenvalue weighted by Crippen LogP contribution is -2.11. The number of rotatable bonds is 6. The average Bonchev–Trinajstić information content (AvgIpc) is 2.76. The van der Waals surface area contributed by atoms with E-state index < -0.39 is 23.5 Å². The maximum Gasteiger partial charge on any atom is 0.417 e. The molecule has 0 atom stereocenters. The summed E-state index contributed by atoms with van der Waals surface area (Å²) in [6.45, 7) is 10.8. The number of alkyl halides is 6. The zero-order chi connectivity index (χ0) is 28.0. The van der Waals surface area contributed by atoms with Gasteiger partial charge in [-0.3, -0.25) is 0 Å². The molecule has 2 rings (SSSR count). The topological polar surface area (TPSA) is 0 Å². The Morgan fingerprint density at radius 3 is 1.27 bits per heavy atom. The first-order valence-corrected chi connectivity index (χ1v) is 13.2. The molecule has 0 aliphatic heterocycles. The van der Waals surface area contributed by atoms with Crippen LogP contribution in [0.4, 0.5) is 26.3 Å². The van der Waals surface area contributed by atoms with Gasteiger partial charge in [0.15, 0.2) is 0 Å². The molecule has 0 radical (unpaired) electrons. The van der Waals surface area contributed by atoms with Crippen molar-refractivity contribution in [2.75, 3.05) is 0 Å². The third kappa shape index (κ3) is 8.78. The van der Waals surface area contributed by atoms with Crippen molar-refractivity contribution < 1.29 is 26.3 Å². The molecule has 0 unspecified atom stereocenters. The summed E-state index contributed by atoms with van der Waals surface area (Å²) >= 11 is 0.880. The highest BCUT2D eigenvalue weighted by atomic mass is 32.2. The first kappa shape index (κ1) is 30.7. The Kier molecular flexibility index (Phi) is 10.7. The van der Waals surface area contributed by atoms with E-state index in [9.17, 15) is 26.3 Å². The number of hydrogen-bond acceptors (Lipinski definition) is 1. The molecule has 0 aliphatic rings. The second-order valence-electron chi connectivity index (χ2n) is 9.48. The van der Waals surface area contributed by atoms with Crippen LogP contribution in [-0.2, 0) is 25.2 Å². The molecule has 0 aliphatic carbocycles. The predicted molar refractivity (Wildman–Crippen MR) is 138 cm³/mol. The maximum absolute atomic E-state index is 14.1. The summed E-state index contributed by atoms with van der Waals surface area (Å²) in [6, 6.07) is 5.44. The molecule has 0 fully saturated rings. The van der Waals surface area contributed by atoms with Gasteiger partial charge in [0.05, 0.1) is 22.3 Å². The van der Waals surface area contributed by atoms with Gasteiger partial charge in [-0.2, -0.15) is 26.3 Å². The van der Waals surface area contributed by atoms with Crippen molar-refractivity contribution in [3.63, 3.8) is 0 Å². The molecular weight excluding hydrogens is 506 g/mol. The van der Waals surface area contributed by atoms with Gasteiger partial charge in [-0.15, -0.1) is 0 Å². The fourth-order valence-corrected chi connectivity index (χ4v) is 4.81. The molecule has 2 aromatic rings. The van der Waals surface area contributed by atoms with Gasteiger partial charge in [0.25, 0.3) is 0 Å². The van der Waals surface area contributed by atoms with Gasteiger partial charge in [0.1, 0.15) is 0 Å². The summed E-state index contributed by atoms with van der Waals surface area (Å²) in [5.74, 6) is 10.6. The van der Waals surface area contributed by atoms with E-state index >= 15 is 0 Å². The molecule has 0 N–H and O–H groups in total. The van der Waals surface area contributed by atoms with Gasteiger partial charge in [-0.25, -0.2) is 0 Å². The van der Waals surface area contributed by atoms with Crippen molar-refractivity contribution in [3.05, 3.63) is 57.6 Å². The number of hydrogen-bond donors (Lipinski definition) is 0.